The van der Waals surface area contributed by atoms with Crippen LogP contribution in [0.15, 0.2) is 140 Å². The highest BCUT2D eigenvalue weighted by molar-refractivity contribution is 14.1. The standard InChI is InChI=1S/C14H12FN3.C13H12FIN2.2C13H13FN2.C12H12FN3/c1-16-14-12-4-2-3-9-18(12)17-13(14)10-5-7-11(15)8-6-10;14-10-6-4-9(5-7-10)13-12(15)11-3-1-2-8-17(11)16-13;2*14-11-6-4-10(5-7-11)13-9-12-3-1-2-8-16(12)15-13;13-10-3-1-9(2-4-10)12-7-11-8-14-5-6-16(11)15-12/h5-8H,2-4,9H2;4-7H,1-3,8H2;2*4-7,9H,1-3,8H2;1-4,7,14H,5-6,8H2. The SMILES string of the molecule is Fc1ccc(-c2cc3n(n2)CCCC3)cc1.Fc1ccc(-c2cc3n(n2)CCCC3)cc1.Fc1ccc(-c2cc3n(n2)CCNC3)cc1.Fc1ccc(-c2nn3c(c2I)CCCC3)cc1.[C-]#[N+]c1c(-c2ccc(F)cc2)nn2c1CCCC2. The molecule has 83 heavy (non-hydrogen) atoms. The van der Waals surface area contributed by atoms with Gasteiger partial charge < -0.3 is 5.32 Å². The van der Waals surface area contributed by atoms with Gasteiger partial charge in [0.2, 0.25) is 5.69 Å². The molecule has 0 fully saturated rings. The van der Waals surface area contributed by atoms with E-state index in [9.17, 15) is 22.0 Å². The Morgan fingerprint density at radius 3 is 1.14 bits per heavy atom. The normalized spacial score (nSPS) is 14.6. The average molecular weight is 1230 g/mol. The van der Waals surface area contributed by atoms with Crippen LogP contribution in [-0.4, -0.2) is 55.4 Å². The number of rotatable bonds is 5. The molecule has 5 aliphatic heterocycles. The van der Waals surface area contributed by atoms with E-state index >= 15 is 0 Å². The molecule has 15 rings (SSSR count). The fourth-order valence-corrected chi connectivity index (χ4v) is 11.9. The van der Waals surface area contributed by atoms with Crippen molar-refractivity contribution in [2.45, 2.75) is 116 Å². The molecule has 0 radical (unpaired) electrons. The highest BCUT2D eigenvalue weighted by Crippen LogP contribution is 2.36. The minimum atomic E-state index is -0.271. The van der Waals surface area contributed by atoms with Crippen LogP contribution in [0.3, 0.4) is 0 Å². The zero-order valence-corrected chi connectivity index (χ0v) is 48.1. The quantitative estimate of drug-likeness (QED) is 0.105. The van der Waals surface area contributed by atoms with E-state index < -0.39 is 0 Å². The first-order valence-electron chi connectivity index (χ1n) is 28.5. The van der Waals surface area contributed by atoms with Crippen LogP contribution < -0.4 is 5.32 Å². The lowest BCUT2D eigenvalue weighted by Crippen LogP contribution is -2.28. The predicted molar refractivity (Wildman–Crippen MR) is 321 cm³/mol. The second-order valence-electron chi connectivity index (χ2n) is 21.1. The van der Waals surface area contributed by atoms with E-state index in [0.29, 0.717) is 11.4 Å². The van der Waals surface area contributed by atoms with Crippen molar-refractivity contribution in [3.8, 4) is 56.3 Å². The Balaban J connectivity index is 0.000000109. The minimum absolute atomic E-state index is 0.201. The van der Waals surface area contributed by atoms with E-state index in [1.54, 1.807) is 60.7 Å². The molecule has 5 aliphatic rings. The van der Waals surface area contributed by atoms with E-state index in [2.05, 4.69) is 90.5 Å². The second kappa shape index (κ2) is 26.5. The van der Waals surface area contributed by atoms with Crippen molar-refractivity contribution in [3.63, 3.8) is 0 Å². The summed E-state index contributed by atoms with van der Waals surface area (Å²) in [5, 5.41) is 26.0. The van der Waals surface area contributed by atoms with Crippen molar-refractivity contribution in [3.05, 3.63) is 212 Å². The van der Waals surface area contributed by atoms with Gasteiger partial charge in [-0.1, -0.05) is 12.1 Å². The maximum absolute atomic E-state index is 12.9. The molecule has 0 saturated carbocycles. The van der Waals surface area contributed by atoms with Gasteiger partial charge in [-0.3, -0.25) is 23.4 Å². The van der Waals surface area contributed by atoms with Crippen LogP contribution in [0.5, 0.6) is 0 Å². The van der Waals surface area contributed by atoms with Gasteiger partial charge in [0.05, 0.1) is 50.9 Å². The molecule has 5 aromatic heterocycles. The highest BCUT2D eigenvalue weighted by Gasteiger charge is 2.23. The summed E-state index contributed by atoms with van der Waals surface area (Å²) >= 11 is 2.35. The first-order valence-corrected chi connectivity index (χ1v) is 29.5. The molecule has 1 N–H and O–H groups in total. The number of benzene rings is 5. The van der Waals surface area contributed by atoms with Gasteiger partial charge in [-0.15, -0.1) is 0 Å². The molecule has 0 unspecified atom stereocenters. The molecule has 12 nitrogen and oxygen atoms in total. The first kappa shape index (κ1) is 56.8. The van der Waals surface area contributed by atoms with E-state index in [1.165, 1.54) is 126 Å². The summed E-state index contributed by atoms with van der Waals surface area (Å²) in [5.74, 6) is -1.09. The average Bonchev–Trinajstić information content (AvgIpc) is 4.59. The van der Waals surface area contributed by atoms with Gasteiger partial charge in [0, 0.05) is 78.6 Å². The fraction of sp³-hybridized carbons (Fsp3) is 0.292. The van der Waals surface area contributed by atoms with Crippen LogP contribution in [0.1, 0.15) is 79.8 Å². The van der Waals surface area contributed by atoms with Crippen LogP contribution in [0.2, 0.25) is 0 Å². The number of halogens is 6. The topological polar surface area (TPSA) is 105 Å². The van der Waals surface area contributed by atoms with E-state index in [-0.39, 0.29) is 29.1 Å². The van der Waals surface area contributed by atoms with Gasteiger partial charge in [0.15, 0.2) is 0 Å². The Hall–Kier alpha value is -8.02. The Morgan fingerprint density at radius 1 is 0.386 bits per heavy atom. The summed E-state index contributed by atoms with van der Waals surface area (Å²) in [6.45, 7) is 13.9. The number of nitrogens with zero attached hydrogens (tertiary/aromatic N) is 11. The zero-order valence-electron chi connectivity index (χ0n) is 45.9. The zero-order chi connectivity index (χ0) is 57.2. The monoisotopic (exact) mass is 1230 g/mol. The van der Waals surface area contributed by atoms with Crippen molar-refractivity contribution in [1.82, 2.24) is 54.2 Å². The molecule has 0 atom stereocenters. The summed E-state index contributed by atoms with van der Waals surface area (Å²) in [4.78, 5) is 3.62. The van der Waals surface area contributed by atoms with Crippen molar-refractivity contribution in [2.75, 3.05) is 6.54 Å². The maximum atomic E-state index is 12.9. The van der Waals surface area contributed by atoms with Crippen molar-refractivity contribution >= 4 is 28.3 Å². The lowest BCUT2D eigenvalue weighted by molar-refractivity contribution is 0.476. The molecular weight excluding hydrogens is 1170 g/mol. The molecule has 424 valence electrons. The molecular formula is C65H62F5IN12. The summed E-state index contributed by atoms with van der Waals surface area (Å²) in [5.41, 5.74) is 16.0. The lowest BCUT2D eigenvalue weighted by Gasteiger charge is -2.13. The van der Waals surface area contributed by atoms with Crippen molar-refractivity contribution < 1.29 is 22.0 Å². The van der Waals surface area contributed by atoms with Crippen LogP contribution in [-0.2, 0) is 65.0 Å². The van der Waals surface area contributed by atoms with Crippen molar-refractivity contribution in [1.29, 1.82) is 0 Å². The molecule has 0 saturated heterocycles. The van der Waals surface area contributed by atoms with Crippen molar-refractivity contribution in [2.24, 2.45) is 0 Å². The molecule has 10 heterocycles. The van der Waals surface area contributed by atoms with Gasteiger partial charge in [-0.05, 0) is 233 Å². The Morgan fingerprint density at radius 2 is 0.735 bits per heavy atom. The number of nitrogens with one attached hydrogen (secondary N) is 1. The van der Waals surface area contributed by atoms with E-state index in [0.717, 1.165) is 141 Å². The fourth-order valence-electron chi connectivity index (χ4n) is 11.0. The number of hydrogen-bond acceptors (Lipinski definition) is 6. The number of aryl methyl sites for hydroxylation is 6. The van der Waals surface area contributed by atoms with Crippen LogP contribution in [0.4, 0.5) is 27.6 Å². The van der Waals surface area contributed by atoms with E-state index in [1.807, 2.05) is 9.36 Å². The Kier molecular flexibility index (Phi) is 18.1. The molecule has 0 bridgehead atoms. The Labute approximate surface area is 493 Å². The predicted octanol–water partition coefficient (Wildman–Crippen LogP) is 15.0. The van der Waals surface area contributed by atoms with Gasteiger partial charge in [-0.2, -0.15) is 25.5 Å². The summed E-state index contributed by atoms with van der Waals surface area (Å²) < 4.78 is 75.6. The first-order chi connectivity index (χ1) is 40.5. The van der Waals surface area contributed by atoms with Gasteiger partial charge in [0.25, 0.3) is 0 Å². The van der Waals surface area contributed by atoms with Gasteiger partial charge in [0.1, 0.15) is 34.8 Å². The molecule has 18 heteroatoms. The summed E-state index contributed by atoms with van der Waals surface area (Å²) in [7, 11) is 0. The smallest absolute Gasteiger partial charge is 0.235 e. The van der Waals surface area contributed by atoms with Gasteiger partial charge in [-0.25, -0.2) is 26.8 Å². The van der Waals surface area contributed by atoms with Gasteiger partial charge >= 0.3 is 0 Å². The number of fused-ring (bicyclic) bond motifs is 5. The lowest BCUT2D eigenvalue weighted by atomic mass is 10.1. The van der Waals surface area contributed by atoms with Crippen LogP contribution in [0.25, 0.3) is 61.1 Å². The Bertz CT molecular complexity index is 3530. The van der Waals surface area contributed by atoms with E-state index in [4.69, 9.17) is 6.57 Å². The third-order valence-electron chi connectivity index (χ3n) is 15.4. The summed E-state index contributed by atoms with van der Waals surface area (Å²) in [6.07, 6.45) is 13.8. The second-order valence-corrected chi connectivity index (χ2v) is 22.2. The maximum Gasteiger partial charge on any atom is 0.235 e. The molecule has 5 aromatic carbocycles. The van der Waals surface area contributed by atoms with Crippen LogP contribution >= 0.6 is 22.6 Å². The number of aromatic nitrogens is 10. The highest BCUT2D eigenvalue weighted by atomic mass is 127. The summed E-state index contributed by atoms with van der Waals surface area (Å²) in [6, 6.07) is 38.5. The third kappa shape index (κ3) is 13.7. The third-order valence-corrected chi connectivity index (χ3v) is 16.5. The van der Waals surface area contributed by atoms with Crippen LogP contribution in [0, 0.1) is 39.2 Å². The molecule has 10 aromatic rings. The molecule has 0 spiro atoms. The molecule has 0 amide bonds. The molecule has 0 aliphatic carbocycles. The largest absolute Gasteiger partial charge is 0.309 e. The number of hydrogen-bond donors (Lipinski definition) is 1. The minimum Gasteiger partial charge on any atom is -0.309 e.